The van der Waals surface area contributed by atoms with Crippen LogP contribution in [0.3, 0.4) is 0 Å². The van der Waals surface area contributed by atoms with Crippen LogP contribution in [0.25, 0.3) is 0 Å². The summed E-state index contributed by atoms with van der Waals surface area (Å²) < 4.78 is 56.7. The highest BCUT2D eigenvalue weighted by Crippen LogP contribution is 2.59. The fourth-order valence-electron chi connectivity index (χ4n) is 1.89. The van der Waals surface area contributed by atoms with Crippen molar-refractivity contribution in [2.45, 2.75) is 65.2 Å². The van der Waals surface area contributed by atoms with Gasteiger partial charge in [-0.25, -0.2) is 9.13 Å². The molecule has 0 saturated carbocycles. The largest absolute Gasteiger partial charge is 0.477 e. The van der Waals surface area contributed by atoms with E-state index in [0.717, 1.165) is 0 Å². The molecule has 0 aromatic rings. The molecule has 2 rings (SSSR count). The molecule has 11 heteroatoms. The average Bonchev–Trinajstić information content (AvgIpc) is 2.54. The SMILES string of the molecule is CC(C)(C)OP(=O)(OC1COP2(=O)OCC(N1)O2)OC(C)(C)C. The molecule has 2 aliphatic heterocycles. The summed E-state index contributed by atoms with van der Waals surface area (Å²) in [5, 5.41) is 2.86. The van der Waals surface area contributed by atoms with Crippen molar-refractivity contribution in [3.05, 3.63) is 0 Å². The second kappa shape index (κ2) is 6.48. The summed E-state index contributed by atoms with van der Waals surface area (Å²) in [6.45, 7) is 10.3. The molecule has 2 saturated heterocycles. The lowest BCUT2D eigenvalue weighted by Gasteiger charge is -2.33. The quantitative estimate of drug-likeness (QED) is 0.745. The number of phosphoric ester groups is 2. The van der Waals surface area contributed by atoms with Gasteiger partial charge < -0.3 is 0 Å². The number of hydrogen-bond donors (Lipinski definition) is 1. The van der Waals surface area contributed by atoms with Crippen molar-refractivity contribution in [3.8, 4) is 0 Å². The number of nitrogens with one attached hydrogen (secondary N) is 1. The minimum atomic E-state index is -3.92. The van der Waals surface area contributed by atoms with Gasteiger partial charge in [0, 0.05) is 0 Å². The van der Waals surface area contributed by atoms with E-state index in [-0.39, 0.29) is 13.2 Å². The Hall–Kier alpha value is 0.180. The topological polar surface area (TPSA) is 102 Å². The highest BCUT2D eigenvalue weighted by molar-refractivity contribution is 7.49. The van der Waals surface area contributed by atoms with Crippen LogP contribution in [0.5, 0.6) is 0 Å². The van der Waals surface area contributed by atoms with Crippen molar-refractivity contribution in [3.63, 3.8) is 0 Å². The third kappa shape index (κ3) is 6.20. The second-order valence-corrected chi connectivity index (χ2v) is 10.3. The predicted octanol–water partition coefficient (Wildman–Crippen LogP) is 3.17. The first-order valence-corrected chi connectivity index (χ1v) is 10.2. The predicted molar refractivity (Wildman–Crippen MR) is 81.7 cm³/mol. The highest BCUT2D eigenvalue weighted by Gasteiger charge is 2.46. The van der Waals surface area contributed by atoms with Gasteiger partial charge in [0.2, 0.25) is 0 Å². The van der Waals surface area contributed by atoms with E-state index in [1.165, 1.54) is 0 Å². The lowest BCUT2D eigenvalue weighted by Crippen LogP contribution is -2.43. The first-order valence-electron chi connectivity index (χ1n) is 7.31. The van der Waals surface area contributed by atoms with E-state index in [4.69, 9.17) is 27.1 Å². The molecule has 2 bridgehead atoms. The van der Waals surface area contributed by atoms with Gasteiger partial charge in [0.25, 0.3) is 0 Å². The number of phosphoric acid groups is 2. The van der Waals surface area contributed by atoms with Crippen molar-refractivity contribution in [1.82, 2.24) is 5.32 Å². The van der Waals surface area contributed by atoms with E-state index in [9.17, 15) is 9.13 Å². The van der Waals surface area contributed by atoms with Gasteiger partial charge in [0.1, 0.15) is 12.5 Å². The summed E-state index contributed by atoms with van der Waals surface area (Å²) in [6.07, 6.45) is -1.55. The molecule has 2 heterocycles. The van der Waals surface area contributed by atoms with E-state index in [2.05, 4.69) is 5.32 Å². The molecule has 136 valence electrons. The molecule has 1 N–H and O–H groups in total. The molecule has 0 spiro atoms. The van der Waals surface area contributed by atoms with E-state index in [0.29, 0.717) is 0 Å². The van der Waals surface area contributed by atoms with Crippen LogP contribution < -0.4 is 5.32 Å². The van der Waals surface area contributed by atoms with Gasteiger partial charge in [-0.15, -0.1) is 0 Å². The van der Waals surface area contributed by atoms with Crippen LogP contribution in [0.4, 0.5) is 0 Å². The Bertz CT molecular complexity index is 506. The molecule has 0 amide bonds. The molecule has 0 aliphatic carbocycles. The van der Waals surface area contributed by atoms with Crippen LogP contribution >= 0.6 is 15.6 Å². The molecule has 0 aromatic carbocycles. The third-order valence-corrected chi connectivity index (χ3v) is 5.92. The summed E-state index contributed by atoms with van der Waals surface area (Å²) >= 11 is 0. The molecular formula is C12H25NO8P2. The van der Waals surface area contributed by atoms with Crippen molar-refractivity contribution >= 4 is 15.6 Å². The van der Waals surface area contributed by atoms with Crippen LogP contribution in [-0.4, -0.2) is 36.9 Å². The Labute approximate surface area is 136 Å². The van der Waals surface area contributed by atoms with Gasteiger partial charge in [0.15, 0.2) is 0 Å². The van der Waals surface area contributed by atoms with Crippen LogP contribution in [0.2, 0.25) is 0 Å². The average molecular weight is 373 g/mol. The first-order chi connectivity index (χ1) is 10.3. The number of rotatable bonds is 4. The summed E-state index contributed by atoms with van der Waals surface area (Å²) in [6, 6.07) is 0. The Balaban J connectivity index is 2.11. The molecule has 0 radical (unpaired) electrons. The summed E-state index contributed by atoms with van der Waals surface area (Å²) in [5.41, 5.74) is -1.50. The maximum Gasteiger partial charge on any atom is 0.477 e. The van der Waals surface area contributed by atoms with Crippen molar-refractivity contribution in [2.24, 2.45) is 0 Å². The molecule has 3 unspecified atom stereocenters. The summed E-state index contributed by atoms with van der Waals surface area (Å²) in [5.74, 6) is 0. The van der Waals surface area contributed by atoms with E-state index < -0.39 is 39.3 Å². The van der Waals surface area contributed by atoms with Crippen LogP contribution in [-0.2, 0) is 36.3 Å². The molecule has 9 nitrogen and oxygen atoms in total. The van der Waals surface area contributed by atoms with Crippen LogP contribution in [0.15, 0.2) is 0 Å². The zero-order valence-electron chi connectivity index (χ0n) is 14.2. The lowest BCUT2D eigenvalue weighted by atomic mass is 10.2. The van der Waals surface area contributed by atoms with Gasteiger partial charge >= 0.3 is 15.6 Å². The van der Waals surface area contributed by atoms with Gasteiger partial charge in [-0.1, -0.05) is 0 Å². The van der Waals surface area contributed by atoms with Crippen molar-refractivity contribution in [1.29, 1.82) is 0 Å². The molecule has 23 heavy (non-hydrogen) atoms. The monoisotopic (exact) mass is 373 g/mol. The van der Waals surface area contributed by atoms with Crippen molar-refractivity contribution in [2.75, 3.05) is 13.2 Å². The maximum absolute atomic E-state index is 13.0. The van der Waals surface area contributed by atoms with Gasteiger partial charge in [-0.05, 0) is 41.5 Å². The van der Waals surface area contributed by atoms with Crippen molar-refractivity contribution < 1.29 is 36.3 Å². The van der Waals surface area contributed by atoms with Gasteiger partial charge in [-0.2, -0.15) is 0 Å². The molecule has 2 aliphatic rings. The Morgan fingerprint density at radius 2 is 1.57 bits per heavy atom. The standard InChI is InChI=1S/C12H25NO8P2/c1-11(2,3)20-23(15,21-12(4,5)6)19-10-8-17-22(14)16-7-9(13-10)18-22/h9-10,13H,7-8H2,1-6H3. The first kappa shape index (κ1) is 19.5. The van der Waals surface area contributed by atoms with Gasteiger partial charge in [-0.3, -0.25) is 32.5 Å². The Kier molecular flexibility index (Phi) is 5.50. The minimum absolute atomic E-state index is 0.0433. The fourth-order valence-corrected chi connectivity index (χ4v) is 5.05. The minimum Gasteiger partial charge on any atom is -0.283 e. The molecule has 3 atom stereocenters. The summed E-state index contributed by atoms with van der Waals surface area (Å²) in [4.78, 5) is 0. The highest BCUT2D eigenvalue weighted by atomic mass is 31.2. The smallest absolute Gasteiger partial charge is 0.283 e. The third-order valence-electron chi connectivity index (χ3n) is 2.42. The maximum atomic E-state index is 13.0. The zero-order valence-corrected chi connectivity index (χ0v) is 16.0. The molecular weight excluding hydrogens is 348 g/mol. The van der Waals surface area contributed by atoms with Crippen LogP contribution in [0.1, 0.15) is 41.5 Å². The number of hydrogen-bond acceptors (Lipinski definition) is 9. The van der Waals surface area contributed by atoms with Crippen LogP contribution in [0, 0.1) is 0 Å². The number of fused-ring (bicyclic) bond motifs is 2. The van der Waals surface area contributed by atoms with Gasteiger partial charge in [0.05, 0.1) is 24.4 Å². The fraction of sp³-hybridized carbons (Fsp3) is 1.00. The van der Waals surface area contributed by atoms with E-state index in [1.54, 1.807) is 41.5 Å². The van der Waals surface area contributed by atoms with E-state index >= 15 is 0 Å². The summed E-state index contributed by atoms with van der Waals surface area (Å²) in [7, 11) is -7.49. The Morgan fingerprint density at radius 3 is 2.09 bits per heavy atom. The molecule has 2 fully saturated rings. The normalized spacial score (nSPS) is 32.8. The second-order valence-electron chi connectivity index (χ2n) is 7.25. The Morgan fingerprint density at radius 1 is 1.04 bits per heavy atom. The lowest BCUT2D eigenvalue weighted by molar-refractivity contribution is -0.0317. The zero-order chi connectivity index (χ0) is 17.5. The van der Waals surface area contributed by atoms with E-state index in [1.807, 2.05) is 0 Å². The molecule has 0 aromatic heterocycles.